The summed E-state index contributed by atoms with van der Waals surface area (Å²) in [7, 11) is 0. The van der Waals surface area contributed by atoms with Gasteiger partial charge in [-0.05, 0) is 30.5 Å². The van der Waals surface area contributed by atoms with E-state index in [0.29, 0.717) is 18.2 Å². The number of halogens is 1. The van der Waals surface area contributed by atoms with Gasteiger partial charge in [-0.2, -0.15) is 0 Å². The first-order valence-corrected chi connectivity index (χ1v) is 7.26. The summed E-state index contributed by atoms with van der Waals surface area (Å²) in [6.07, 6.45) is 3.27. The van der Waals surface area contributed by atoms with Crippen molar-refractivity contribution >= 4 is 15.9 Å². The normalized spacial score (nSPS) is 10.8. The predicted molar refractivity (Wildman–Crippen MR) is 82.3 cm³/mol. The van der Waals surface area contributed by atoms with Crippen molar-refractivity contribution in [3.8, 4) is 11.6 Å². The van der Waals surface area contributed by atoms with E-state index in [9.17, 15) is 4.79 Å². The molecule has 0 fully saturated rings. The minimum Gasteiger partial charge on any atom is -0.434 e. The van der Waals surface area contributed by atoms with E-state index in [1.54, 1.807) is 17.0 Å². The van der Waals surface area contributed by atoms with E-state index < -0.39 is 0 Å². The number of rotatable bonds is 4. The molecule has 0 aliphatic carbocycles. The van der Waals surface area contributed by atoms with E-state index >= 15 is 0 Å². The van der Waals surface area contributed by atoms with E-state index in [2.05, 4.69) is 34.8 Å². The van der Waals surface area contributed by atoms with Crippen molar-refractivity contribution in [2.75, 3.05) is 0 Å². The van der Waals surface area contributed by atoms with Crippen molar-refractivity contribution in [3.05, 3.63) is 51.0 Å². The summed E-state index contributed by atoms with van der Waals surface area (Å²) in [6.45, 7) is 6.70. The highest BCUT2D eigenvalue weighted by Gasteiger charge is 2.10. The molecule has 5 heteroatoms. The first-order valence-electron chi connectivity index (χ1n) is 6.47. The third kappa shape index (κ3) is 3.48. The zero-order valence-electron chi connectivity index (χ0n) is 11.8. The Kier molecular flexibility index (Phi) is 4.60. The molecule has 0 N–H and O–H groups in total. The SMILES string of the molecule is Cc1ccc(Br)cc1Oc1nccn(CC(C)C)c1=O. The van der Waals surface area contributed by atoms with Gasteiger partial charge in [0.05, 0.1) is 0 Å². The van der Waals surface area contributed by atoms with Crippen LogP contribution in [-0.2, 0) is 6.54 Å². The lowest BCUT2D eigenvalue weighted by Gasteiger charge is -2.11. The van der Waals surface area contributed by atoms with Gasteiger partial charge >= 0.3 is 5.56 Å². The zero-order valence-corrected chi connectivity index (χ0v) is 13.3. The van der Waals surface area contributed by atoms with Gasteiger partial charge in [0.25, 0.3) is 5.88 Å². The smallest absolute Gasteiger partial charge is 0.313 e. The largest absolute Gasteiger partial charge is 0.434 e. The lowest BCUT2D eigenvalue weighted by molar-refractivity contribution is 0.430. The molecule has 0 saturated carbocycles. The molecule has 0 saturated heterocycles. The number of hydrogen-bond acceptors (Lipinski definition) is 3. The molecule has 0 aliphatic rings. The molecule has 2 rings (SSSR count). The van der Waals surface area contributed by atoms with Gasteiger partial charge in [-0.15, -0.1) is 0 Å². The summed E-state index contributed by atoms with van der Waals surface area (Å²) in [4.78, 5) is 16.3. The predicted octanol–water partition coefficient (Wildman–Crippen LogP) is 3.76. The monoisotopic (exact) mass is 336 g/mol. The topological polar surface area (TPSA) is 44.1 Å². The molecular weight excluding hydrogens is 320 g/mol. The fourth-order valence-corrected chi connectivity index (χ4v) is 2.16. The van der Waals surface area contributed by atoms with Crippen LogP contribution in [-0.4, -0.2) is 9.55 Å². The summed E-state index contributed by atoms with van der Waals surface area (Å²) in [5, 5.41) is 0. The van der Waals surface area contributed by atoms with E-state index in [0.717, 1.165) is 10.0 Å². The molecule has 0 aliphatic heterocycles. The van der Waals surface area contributed by atoms with Gasteiger partial charge < -0.3 is 9.30 Å². The molecular formula is C15H17BrN2O2. The molecule has 0 unspecified atom stereocenters. The van der Waals surface area contributed by atoms with Gasteiger partial charge in [-0.3, -0.25) is 4.79 Å². The Morgan fingerprint density at radius 1 is 1.40 bits per heavy atom. The van der Waals surface area contributed by atoms with Crippen LogP contribution in [0.2, 0.25) is 0 Å². The van der Waals surface area contributed by atoms with Gasteiger partial charge in [-0.25, -0.2) is 4.98 Å². The third-order valence-corrected chi connectivity index (χ3v) is 3.29. The quantitative estimate of drug-likeness (QED) is 0.853. The Labute approximate surface area is 126 Å². The third-order valence-electron chi connectivity index (χ3n) is 2.80. The Morgan fingerprint density at radius 2 is 2.15 bits per heavy atom. The van der Waals surface area contributed by atoms with Crippen molar-refractivity contribution in [3.63, 3.8) is 0 Å². The van der Waals surface area contributed by atoms with Gasteiger partial charge in [0.2, 0.25) is 0 Å². The van der Waals surface area contributed by atoms with Crippen molar-refractivity contribution in [1.29, 1.82) is 0 Å². The van der Waals surface area contributed by atoms with Crippen LogP contribution in [0.3, 0.4) is 0 Å². The maximum atomic E-state index is 12.3. The minimum absolute atomic E-state index is 0.106. The Bertz CT molecular complexity index is 665. The second kappa shape index (κ2) is 6.22. The maximum Gasteiger partial charge on any atom is 0.313 e. The Balaban J connectivity index is 2.34. The van der Waals surface area contributed by atoms with Crippen LogP contribution in [0, 0.1) is 12.8 Å². The highest BCUT2D eigenvalue weighted by molar-refractivity contribution is 9.10. The number of aryl methyl sites for hydroxylation is 1. The average molecular weight is 337 g/mol. The maximum absolute atomic E-state index is 12.3. The number of hydrogen-bond donors (Lipinski definition) is 0. The number of ether oxygens (including phenoxy) is 1. The Morgan fingerprint density at radius 3 is 2.85 bits per heavy atom. The molecule has 1 heterocycles. The van der Waals surface area contributed by atoms with Crippen molar-refractivity contribution < 1.29 is 4.74 Å². The van der Waals surface area contributed by atoms with Crippen LogP contribution < -0.4 is 10.3 Å². The van der Waals surface area contributed by atoms with Crippen LogP contribution in [0.25, 0.3) is 0 Å². The standard InChI is InChI=1S/C15H17BrN2O2/c1-10(2)9-18-7-6-17-14(15(18)19)20-13-8-12(16)5-4-11(13)3/h4-8,10H,9H2,1-3H3. The van der Waals surface area contributed by atoms with Crippen LogP contribution in [0.4, 0.5) is 0 Å². The van der Waals surface area contributed by atoms with Crippen LogP contribution in [0.5, 0.6) is 11.6 Å². The van der Waals surface area contributed by atoms with E-state index in [4.69, 9.17) is 4.74 Å². The summed E-state index contributed by atoms with van der Waals surface area (Å²) in [6, 6.07) is 5.68. The minimum atomic E-state index is -0.208. The van der Waals surface area contributed by atoms with E-state index in [1.807, 2.05) is 25.1 Å². The molecule has 20 heavy (non-hydrogen) atoms. The molecule has 0 atom stereocenters. The number of nitrogens with zero attached hydrogens (tertiary/aromatic N) is 2. The highest BCUT2D eigenvalue weighted by atomic mass is 79.9. The molecule has 0 amide bonds. The second-order valence-electron chi connectivity index (χ2n) is 5.10. The molecule has 4 nitrogen and oxygen atoms in total. The fraction of sp³-hybridized carbons (Fsp3) is 0.333. The van der Waals surface area contributed by atoms with Gasteiger partial charge in [0.1, 0.15) is 5.75 Å². The second-order valence-corrected chi connectivity index (χ2v) is 6.01. The lowest BCUT2D eigenvalue weighted by Crippen LogP contribution is -2.23. The summed E-state index contributed by atoms with van der Waals surface area (Å²) in [5.41, 5.74) is 0.745. The van der Waals surface area contributed by atoms with E-state index in [-0.39, 0.29) is 11.4 Å². The van der Waals surface area contributed by atoms with Gasteiger partial charge in [-0.1, -0.05) is 35.8 Å². The molecule has 1 aromatic carbocycles. The van der Waals surface area contributed by atoms with Gasteiger partial charge in [0.15, 0.2) is 0 Å². The average Bonchev–Trinajstić information content (AvgIpc) is 2.38. The molecule has 106 valence electrons. The number of benzene rings is 1. The summed E-state index contributed by atoms with van der Waals surface area (Å²) in [5.74, 6) is 1.12. The number of aromatic nitrogens is 2. The Hall–Kier alpha value is -1.62. The summed E-state index contributed by atoms with van der Waals surface area (Å²) >= 11 is 3.39. The molecule has 0 radical (unpaired) electrons. The van der Waals surface area contributed by atoms with Crippen molar-refractivity contribution in [2.24, 2.45) is 5.92 Å². The fourth-order valence-electron chi connectivity index (χ4n) is 1.82. The van der Waals surface area contributed by atoms with Crippen molar-refractivity contribution in [2.45, 2.75) is 27.3 Å². The van der Waals surface area contributed by atoms with Gasteiger partial charge in [0, 0.05) is 23.4 Å². The van der Waals surface area contributed by atoms with Crippen LogP contribution in [0.1, 0.15) is 19.4 Å². The zero-order chi connectivity index (χ0) is 14.7. The van der Waals surface area contributed by atoms with E-state index in [1.165, 1.54) is 0 Å². The first-order chi connectivity index (χ1) is 9.47. The lowest BCUT2D eigenvalue weighted by atomic mass is 10.2. The highest BCUT2D eigenvalue weighted by Crippen LogP contribution is 2.25. The molecule has 2 aromatic rings. The summed E-state index contributed by atoms with van der Waals surface area (Å²) < 4.78 is 8.19. The molecule has 1 aromatic heterocycles. The molecule has 0 bridgehead atoms. The van der Waals surface area contributed by atoms with Crippen molar-refractivity contribution in [1.82, 2.24) is 9.55 Å². The molecule has 0 spiro atoms. The van der Waals surface area contributed by atoms with Crippen LogP contribution >= 0.6 is 15.9 Å². The van der Waals surface area contributed by atoms with Crippen LogP contribution in [0.15, 0.2) is 39.9 Å². The first kappa shape index (κ1) is 14.8.